The topological polar surface area (TPSA) is 95.1 Å². The third-order valence-corrected chi connectivity index (χ3v) is 4.68. The molecule has 1 atom stereocenters. The van der Waals surface area contributed by atoms with Gasteiger partial charge in [-0.05, 0) is 50.6 Å². The molecule has 8 heteroatoms. The summed E-state index contributed by atoms with van der Waals surface area (Å²) in [7, 11) is 0. The summed E-state index contributed by atoms with van der Waals surface area (Å²) in [4.78, 5) is 29.0. The Labute approximate surface area is 184 Å². The molecule has 0 fully saturated rings. The van der Waals surface area contributed by atoms with Gasteiger partial charge in [0.1, 0.15) is 23.9 Å². The van der Waals surface area contributed by atoms with Crippen LogP contribution in [0.1, 0.15) is 23.9 Å². The van der Waals surface area contributed by atoms with Crippen molar-refractivity contribution in [2.75, 3.05) is 5.32 Å². The maximum absolute atomic E-state index is 12.5. The van der Waals surface area contributed by atoms with Crippen LogP contribution in [0.4, 0.5) is 5.69 Å². The van der Waals surface area contributed by atoms with Gasteiger partial charge in [-0.1, -0.05) is 18.2 Å². The maximum atomic E-state index is 12.5. The molecule has 2 aromatic heterocycles. The van der Waals surface area contributed by atoms with Crippen molar-refractivity contribution in [1.82, 2.24) is 9.56 Å². The molecule has 0 aliphatic rings. The van der Waals surface area contributed by atoms with E-state index < -0.39 is 6.10 Å². The fourth-order valence-electron chi connectivity index (χ4n) is 3.16. The number of rotatable bonds is 7. The highest BCUT2D eigenvalue weighted by Crippen LogP contribution is 2.20. The number of benzene rings is 2. The van der Waals surface area contributed by atoms with Crippen LogP contribution >= 0.6 is 0 Å². The van der Waals surface area contributed by atoms with Gasteiger partial charge in [-0.15, -0.1) is 4.57 Å². The minimum absolute atomic E-state index is 0.0975. The van der Waals surface area contributed by atoms with E-state index in [1.54, 1.807) is 44.2 Å². The third-order valence-electron chi connectivity index (χ3n) is 4.68. The lowest BCUT2D eigenvalue weighted by atomic mass is 10.2. The molecule has 1 N–H and O–H groups in total. The molecule has 0 saturated carbocycles. The van der Waals surface area contributed by atoms with E-state index in [0.29, 0.717) is 34.3 Å². The molecule has 2 aromatic carbocycles. The summed E-state index contributed by atoms with van der Waals surface area (Å²) in [6.07, 6.45) is -0.677. The largest absolute Gasteiger partial charge is 0.487 e. The normalized spacial score (nSPS) is 11.8. The first kappa shape index (κ1) is 21.2. The molecule has 1 amide bonds. The number of ether oxygens (including phenoxy) is 2. The minimum atomic E-state index is -0.677. The molecule has 0 radical (unpaired) electrons. The number of amides is 1. The molecule has 32 heavy (non-hydrogen) atoms. The van der Waals surface area contributed by atoms with Crippen LogP contribution in [-0.4, -0.2) is 21.6 Å². The van der Waals surface area contributed by atoms with Crippen LogP contribution in [0.25, 0.3) is 5.65 Å². The van der Waals surface area contributed by atoms with Crippen molar-refractivity contribution in [1.29, 1.82) is 0 Å². The fraction of sp³-hybridized carbons (Fsp3) is 0.208. The van der Waals surface area contributed by atoms with E-state index in [2.05, 4.69) is 10.3 Å². The Bertz CT molecular complexity index is 1320. The molecule has 8 nitrogen and oxygen atoms in total. The van der Waals surface area contributed by atoms with Crippen LogP contribution in [0.2, 0.25) is 0 Å². The van der Waals surface area contributed by atoms with E-state index in [1.165, 1.54) is 6.07 Å². The summed E-state index contributed by atoms with van der Waals surface area (Å²) in [5.41, 5.74) is 2.22. The lowest BCUT2D eigenvalue weighted by molar-refractivity contribution is -0.122. The standard InChI is InChI=1S/C24H23N3O5/c1-15-6-4-9-21(10-15)31-17(3)24(29)26-18-7-5-8-20(12-18)30-14-19-13-23(28)27-22(25-19)11-16(2)32-27/h4-13,17H,14H2,1-3H3,(H,26,29)/t17-/m1/s1. The van der Waals surface area contributed by atoms with Gasteiger partial charge in [0.2, 0.25) is 0 Å². The van der Waals surface area contributed by atoms with Crippen LogP contribution < -0.4 is 20.3 Å². The van der Waals surface area contributed by atoms with Crippen molar-refractivity contribution >= 4 is 17.2 Å². The van der Waals surface area contributed by atoms with Gasteiger partial charge in [-0.25, -0.2) is 4.98 Å². The van der Waals surface area contributed by atoms with E-state index in [4.69, 9.17) is 14.0 Å². The lowest BCUT2D eigenvalue weighted by Crippen LogP contribution is -2.30. The molecule has 0 saturated heterocycles. The van der Waals surface area contributed by atoms with Gasteiger partial charge in [0, 0.05) is 23.9 Å². The Morgan fingerprint density at radius 3 is 2.69 bits per heavy atom. The zero-order chi connectivity index (χ0) is 22.7. The number of fused-ring (bicyclic) bond motifs is 1. The first-order valence-corrected chi connectivity index (χ1v) is 10.1. The number of hydrogen-bond acceptors (Lipinski definition) is 6. The van der Waals surface area contributed by atoms with E-state index in [1.807, 2.05) is 31.2 Å². The second kappa shape index (κ2) is 8.97. The zero-order valence-electron chi connectivity index (χ0n) is 18.0. The summed E-state index contributed by atoms with van der Waals surface area (Å²) >= 11 is 0. The quantitative estimate of drug-likeness (QED) is 0.475. The Balaban J connectivity index is 1.39. The predicted molar refractivity (Wildman–Crippen MR) is 119 cm³/mol. The SMILES string of the molecule is Cc1cccc(O[C@H](C)C(=O)Nc2cccc(OCc3cc(=O)n4oc(C)cc4n3)c2)c1. The summed E-state index contributed by atoms with van der Waals surface area (Å²) in [5.74, 6) is 1.48. The molecule has 0 bridgehead atoms. The Kier molecular flexibility index (Phi) is 5.93. The third kappa shape index (κ3) is 4.97. The number of aromatic nitrogens is 2. The number of aryl methyl sites for hydroxylation is 2. The molecule has 164 valence electrons. The second-order valence-electron chi connectivity index (χ2n) is 7.47. The second-order valence-corrected chi connectivity index (χ2v) is 7.47. The minimum Gasteiger partial charge on any atom is -0.487 e. The maximum Gasteiger partial charge on any atom is 0.287 e. The zero-order valence-corrected chi connectivity index (χ0v) is 18.0. The molecule has 4 aromatic rings. The fourth-order valence-corrected chi connectivity index (χ4v) is 3.16. The highest BCUT2D eigenvalue weighted by Gasteiger charge is 2.15. The molecule has 2 heterocycles. The monoisotopic (exact) mass is 433 g/mol. The van der Waals surface area contributed by atoms with Crippen molar-refractivity contribution in [3.8, 4) is 11.5 Å². The van der Waals surface area contributed by atoms with Gasteiger partial charge in [-0.3, -0.25) is 9.59 Å². The Hall–Kier alpha value is -4.07. The van der Waals surface area contributed by atoms with Crippen molar-refractivity contribution in [3.05, 3.63) is 88.0 Å². The first-order valence-electron chi connectivity index (χ1n) is 10.1. The average molecular weight is 433 g/mol. The summed E-state index contributed by atoms with van der Waals surface area (Å²) in [5, 5.41) is 2.83. The molecule has 0 aliphatic carbocycles. The van der Waals surface area contributed by atoms with E-state index >= 15 is 0 Å². The van der Waals surface area contributed by atoms with Crippen LogP contribution in [0, 0.1) is 13.8 Å². The molecular formula is C24H23N3O5. The summed E-state index contributed by atoms with van der Waals surface area (Å²) in [6.45, 7) is 5.50. The number of carbonyl (C=O) groups is 1. The number of hydrogen-bond donors (Lipinski definition) is 1. The van der Waals surface area contributed by atoms with Gasteiger partial charge in [0.25, 0.3) is 11.5 Å². The smallest absolute Gasteiger partial charge is 0.287 e. The van der Waals surface area contributed by atoms with Crippen molar-refractivity contribution < 1.29 is 18.8 Å². The van der Waals surface area contributed by atoms with Gasteiger partial charge in [0.15, 0.2) is 11.8 Å². The first-order chi connectivity index (χ1) is 15.4. The Morgan fingerprint density at radius 1 is 1.09 bits per heavy atom. The number of carbonyl (C=O) groups excluding carboxylic acids is 1. The van der Waals surface area contributed by atoms with Gasteiger partial charge in [0.05, 0.1) is 5.69 Å². The van der Waals surface area contributed by atoms with Crippen LogP contribution in [-0.2, 0) is 11.4 Å². The average Bonchev–Trinajstić information content (AvgIpc) is 3.13. The molecule has 0 unspecified atom stereocenters. The molecular weight excluding hydrogens is 410 g/mol. The molecule has 4 rings (SSSR count). The van der Waals surface area contributed by atoms with Gasteiger partial charge >= 0.3 is 0 Å². The Morgan fingerprint density at radius 2 is 1.88 bits per heavy atom. The summed E-state index contributed by atoms with van der Waals surface area (Å²) < 4.78 is 17.9. The lowest BCUT2D eigenvalue weighted by Gasteiger charge is -2.15. The molecule has 0 aliphatic heterocycles. The van der Waals surface area contributed by atoms with Crippen LogP contribution in [0.3, 0.4) is 0 Å². The molecule has 0 spiro atoms. The highest BCUT2D eigenvalue weighted by molar-refractivity contribution is 5.94. The van der Waals surface area contributed by atoms with Gasteiger partial charge in [-0.2, -0.15) is 0 Å². The van der Waals surface area contributed by atoms with Crippen molar-refractivity contribution in [3.63, 3.8) is 0 Å². The van der Waals surface area contributed by atoms with Crippen molar-refractivity contribution in [2.24, 2.45) is 0 Å². The van der Waals surface area contributed by atoms with Gasteiger partial charge < -0.3 is 19.3 Å². The number of nitrogens with zero attached hydrogens (tertiary/aromatic N) is 2. The van der Waals surface area contributed by atoms with Crippen molar-refractivity contribution in [2.45, 2.75) is 33.5 Å². The van der Waals surface area contributed by atoms with Crippen LogP contribution in [0.5, 0.6) is 11.5 Å². The van der Waals surface area contributed by atoms with E-state index in [-0.39, 0.29) is 18.1 Å². The predicted octanol–water partition coefficient (Wildman–Crippen LogP) is 3.89. The van der Waals surface area contributed by atoms with E-state index in [0.717, 1.165) is 10.1 Å². The summed E-state index contributed by atoms with van der Waals surface area (Å²) in [6, 6.07) is 17.6. The number of nitrogens with one attached hydrogen (secondary N) is 1. The number of anilines is 1. The van der Waals surface area contributed by atoms with Crippen LogP contribution in [0.15, 0.2) is 70.0 Å². The van der Waals surface area contributed by atoms with E-state index in [9.17, 15) is 9.59 Å². The highest BCUT2D eigenvalue weighted by atomic mass is 16.5.